The molecular weight excluding hydrogens is 192 g/mol. The highest BCUT2D eigenvalue weighted by Gasteiger charge is 2.13. The fourth-order valence-corrected chi connectivity index (χ4v) is 1.65. The van der Waals surface area contributed by atoms with Crippen molar-refractivity contribution in [2.24, 2.45) is 0 Å². The zero-order valence-electron chi connectivity index (χ0n) is 8.19. The van der Waals surface area contributed by atoms with Crippen molar-refractivity contribution in [1.29, 1.82) is 0 Å². The minimum atomic E-state index is -1.11. The summed E-state index contributed by atoms with van der Waals surface area (Å²) in [5.41, 5.74) is 0.937. The van der Waals surface area contributed by atoms with Crippen LogP contribution in [0.5, 0.6) is 5.75 Å². The maximum absolute atomic E-state index is 11.0. The van der Waals surface area contributed by atoms with Gasteiger partial charge in [0.05, 0.1) is 0 Å². The Hall–Kier alpha value is -2.03. The largest absolute Gasteiger partial charge is 0.507 e. The van der Waals surface area contributed by atoms with Gasteiger partial charge in [-0.3, -0.25) is 0 Å². The summed E-state index contributed by atoms with van der Waals surface area (Å²) in [5.74, 6) is -1.30. The third kappa shape index (κ3) is 1.52. The number of aryl methyl sites for hydroxylation is 1. The number of carboxylic acids is 1. The molecule has 0 saturated carbocycles. The zero-order valence-corrected chi connectivity index (χ0v) is 8.19. The van der Waals surface area contributed by atoms with Gasteiger partial charge < -0.3 is 10.2 Å². The van der Waals surface area contributed by atoms with Crippen LogP contribution in [0.1, 0.15) is 15.9 Å². The van der Waals surface area contributed by atoms with Crippen LogP contribution in [-0.4, -0.2) is 16.2 Å². The average molecular weight is 202 g/mol. The molecule has 3 nitrogen and oxygen atoms in total. The molecule has 0 spiro atoms. The number of fused-ring (bicyclic) bond motifs is 1. The molecule has 0 aliphatic carbocycles. The lowest BCUT2D eigenvalue weighted by Gasteiger charge is -2.05. The maximum atomic E-state index is 11.0. The van der Waals surface area contributed by atoms with E-state index in [0.29, 0.717) is 5.39 Å². The van der Waals surface area contributed by atoms with E-state index >= 15 is 0 Å². The minimum Gasteiger partial charge on any atom is -0.507 e. The van der Waals surface area contributed by atoms with Gasteiger partial charge in [-0.15, -0.1) is 0 Å². The first-order valence-electron chi connectivity index (χ1n) is 4.55. The van der Waals surface area contributed by atoms with Crippen molar-refractivity contribution in [3.63, 3.8) is 0 Å². The van der Waals surface area contributed by atoms with E-state index in [1.54, 1.807) is 12.1 Å². The van der Waals surface area contributed by atoms with Crippen LogP contribution < -0.4 is 0 Å². The molecular formula is C12H10O3. The van der Waals surface area contributed by atoms with E-state index in [9.17, 15) is 9.90 Å². The van der Waals surface area contributed by atoms with Crippen LogP contribution >= 0.6 is 0 Å². The Labute approximate surface area is 86.6 Å². The van der Waals surface area contributed by atoms with Gasteiger partial charge in [-0.2, -0.15) is 0 Å². The van der Waals surface area contributed by atoms with Crippen LogP contribution in [0.15, 0.2) is 30.3 Å². The number of phenols is 1. The molecule has 0 saturated heterocycles. The first-order chi connectivity index (χ1) is 7.09. The Morgan fingerprint density at radius 3 is 2.53 bits per heavy atom. The summed E-state index contributed by atoms with van der Waals surface area (Å²) < 4.78 is 0. The molecule has 0 unspecified atom stereocenters. The predicted octanol–water partition coefficient (Wildman–Crippen LogP) is 2.55. The molecule has 0 atom stereocenters. The van der Waals surface area contributed by atoms with Gasteiger partial charge in [0.2, 0.25) is 0 Å². The topological polar surface area (TPSA) is 57.5 Å². The van der Waals surface area contributed by atoms with Crippen molar-refractivity contribution in [2.45, 2.75) is 6.92 Å². The molecule has 0 aliphatic heterocycles. The number of aromatic hydroxyl groups is 1. The molecule has 0 radical (unpaired) electrons. The van der Waals surface area contributed by atoms with E-state index in [0.717, 1.165) is 10.9 Å². The highest BCUT2D eigenvalue weighted by molar-refractivity contribution is 6.06. The van der Waals surface area contributed by atoms with Crippen LogP contribution in [0.3, 0.4) is 0 Å². The molecule has 2 aromatic carbocycles. The quantitative estimate of drug-likeness (QED) is 0.747. The lowest BCUT2D eigenvalue weighted by atomic mass is 10.0. The Morgan fingerprint density at radius 1 is 1.20 bits per heavy atom. The maximum Gasteiger partial charge on any atom is 0.340 e. The van der Waals surface area contributed by atoms with Gasteiger partial charge in [0, 0.05) is 5.39 Å². The summed E-state index contributed by atoms with van der Waals surface area (Å²) in [4.78, 5) is 11.0. The summed E-state index contributed by atoms with van der Waals surface area (Å²) >= 11 is 0. The average Bonchev–Trinajstić information content (AvgIpc) is 2.16. The number of rotatable bonds is 1. The number of hydrogen-bond acceptors (Lipinski definition) is 2. The Kier molecular flexibility index (Phi) is 2.08. The van der Waals surface area contributed by atoms with Gasteiger partial charge >= 0.3 is 5.97 Å². The van der Waals surface area contributed by atoms with Gasteiger partial charge in [-0.05, 0) is 18.4 Å². The van der Waals surface area contributed by atoms with Crippen molar-refractivity contribution < 1.29 is 15.0 Å². The molecule has 0 heterocycles. The third-order valence-corrected chi connectivity index (χ3v) is 2.37. The lowest BCUT2D eigenvalue weighted by Crippen LogP contribution is -1.98. The van der Waals surface area contributed by atoms with Crippen LogP contribution in [-0.2, 0) is 0 Å². The first-order valence-corrected chi connectivity index (χ1v) is 4.55. The fourth-order valence-electron chi connectivity index (χ4n) is 1.65. The van der Waals surface area contributed by atoms with Crippen LogP contribution in [0.2, 0.25) is 0 Å². The smallest absolute Gasteiger partial charge is 0.340 e. The molecule has 0 aliphatic rings. The molecule has 15 heavy (non-hydrogen) atoms. The second-order valence-corrected chi connectivity index (χ2v) is 3.49. The molecule has 0 fully saturated rings. The standard InChI is InChI=1S/C12H10O3/c1-7-2-3-8-4-5-10(13)11(12(14)15)9(8)6-7/h2-6,13H,1H3,(H,14,15). The van der Waals surface area contributed by atoms with E-state index in [1.165, 1.54) is 6.07 Å². The van der Waals surface area contributed by atoms with Gasteiger partial charge in [0.15, 0.2) is 0 Å². The molecule has 2 rings (SSSR count). The van der Waals surface area contributed by atoms with Gasteiger partial charge in [-0.1, -0.05) is 29.8 Å². The minimum absolute atomic E-state index is 0.0313. The zero-order chi connectivity index (χ0) is 11.0. The normalized spacial score (nSPS) is 10.5. The molecule has 76 valence electrons. The van der Waals surface area contributed by atoms with Gasteiger partial charge in [0.1, 0.15) is 11.3 Å². The Balaban J connectivity index is 2.90. The summed E-state index contributed by atoms with van der Waals surface area (Å²) in [5, 5.41) is 19.9. The second-order valence-electron chi connectivity index (χ2n) is 3.49. The van der Waals surface area contributed by atoms with E-state index in [1.807, 2.05) is 19.1 Å². The molecule has 2 aromatic rings. The lowest BCUT2D eigenvalue weighted by molar-refractivity contribution is 0.0696. The van der Waals surface area contributed by atoms with Crippen molar-refractivity contribution in [2.75, 3.05) is 0 Å². The van der Waals surface area contributed by atoms with Crippen molar-refractivity contribution >= 4 is 16.7 Å². The van der Waals surface area contributed by atoms with Crippen LogP contribution in [0, 0.1) is 6.92 Å². The van der Waals surface area contributed by atoms with E-state index < -0.39 is 5.97 Å². The number of carboxylic acid groups (broad SMARTS) is 1. The van der Waals surface area contributed by atoms with Crippen LogP contribution in [0.4, 0.5) is 0 Å². The molecule has 0 amide bonds. The molecule has 0 bridgehead atoms. The van der Waals surface area contributed by atoms with Gasteiger partial charge in [-0.25, -0.2) is 4.79 Å². The summed E-state index contributed by atoms with van der Waals surface area (Å²) in [7, 11) is 0. The number of carbonyl (C=O) groups is 1. The van der Waals surface area contributed by atoms with Crippen molar-refractivity contribution in [3.05, 3.63) is 41.5 Å². The Morgan fingerprint density at radius 2 is 1.87 bits per heavy atom. The van der Waals surface area contributed by atoms with Gasteiger partial charge in [0.25, 0.3) is 0 Å². The molecule has 2 N–H and O–H groups in total. The van der Waals surface area contributed by atoms with E-state index in [4.69, 9.17) is 5.11 Å². The second kappa shape index (κ2) is 3.28. The summed E-state index contributed by atoms with van der Waals surface area (Å²) in [6.07, 6.45) is 0. The van der Waals surface area contributed by atoms with Crippen molar-refractivity contribution in [3.8, 4) is 5.75 Å². The number of benzene rings is 2. The SMILES string of the molecule is Cc1ccc2ccc(O)c(C(=O)O)c2c1. The summed E-state index contributed by atoms with van der Waals surface area (Å²) in [6.45, 7) is 1.88. The summed E-state index contributed by atoms with van der Waals surface area (Å²) in [6, 6.07) is 8.62. The monoisotopic (exact) mass is 202 g/mol. The third-order valence-electron chi connectivity index (χ3n) is 2.37. The van der Waals surface area contributed by atoms with E-state index in [-0.39, 0.29) is 11.3 Å². The number of hydrogen-bond donors (Lipinski definition) is 2. The highest BCUT2D eigenvalue weighted by Crippen LogP contribution is 2.27. The Bertz CT molecular complexity index is 539. The van der Waals surface area contributed by atoms with Crippen molar-refractivity contribution in [1.82, 2.24) is 0 Å². The fraction of sp³-hybridized carbons (Fsp3) is 0.0833. The van der Waals surface area contributed by atoms with Crippen LogP contribution in [0.25, 0.3) is 10.8 Å². The van der Waals surface area contributed by atoms with E-state index in [2.05, 4.69) is 0 Å². The molecule has 3 heteroatoms. The highest BCUT2D eigenvalue weighted by atomic mass is 16.4. The number of aromatic carboxylic acids is 1. The first kappa shape index (κ1) is 9.52. The predicted molar refractivity (Wildman–Crippen MR) is 57.3 cm³/mol. The molecule has 0 aromatic heterocycles.